The van der Waals surface area contributed by atoms with Crippen LogP contribution in [0, 0.1) is 0 Å². The van der Waals surface area contributed by atoms with E-state index < -0.39 is 32.0 Å². The Morgan fingerprint density at radius 3 is 1.38 bits per heavy atom. The average molecular weight is 692 g/mol. The topological polar surface area (TPSA) is 111 Å². The maximum absolute atomic E-state index is 12.8. The smallest absolute Gasteiger partial charge is 0.306 e. The lowest BCUT2D eigenvalue weighted by atomic mass is 10.1. The van der Waals surface area contributed by atoms with E-state index >= 15 is 0 Å². The molecule has 0 aromatic rings. The quantitative estimate of drug-likeness (QED) is 0.0284. The number of quaternary nitrogens is 1. The molecule has 0 heterocycles. The highest BCUT2D eigenvalue weighted by molar-refractivity contribution is 7.45. The molecule has 0 saturated carbocycles. The summed E-state index contributed by atoms with van der Waals surface area (Å²) in [5.74, 6) is -0.849. The molecule has 0 aliphatic rings. The number of rotatable bonds is 34. The van der Waals surface area contributed by atoms with Crippen molar-refractivity contribution in [3.8, 4) is 0 Å². The van der Waals surface area contributed by atoms with Crippen molar-refractivity contribution in [3.05, 3.63) is 0 Å². The minimum Gasteiger partial charge on any atom is -0.756 e. The number of unbranched alkanes of at least 4 members (excludes halogenated alkanes) is 20. The van der Waals surface area contributed by atoms with Gasteiger partial charge in [-0.3, -0.25) is 14.2 Å². The monoisotopic (exact) mass is 692 g/mol. The molecular formula is C37H74NO8P. The lowest BCUT2D eigenvalue weighted by molar-refractivity contribution is -0.870. The van der Waals surface area contributed by atoms with Crippen LogP contribution in [0.4, 0.5) is 0 Å². The van der Waals surface area contributed by atoms with Gasteiger partial charge in [0.2, 0.25) is 0 Å². The number of carbonyl (C=O) groups excluding carboxylic acids is 2. The third-order valence-electron chi connectivity index (χ3n) is 8.41. The van der Waals surface area contributed by atoms with E-state index in [2.05, 4.69) is 13.8 Å². The zero-order chi connectivity index (χ0) is 35.3. The molecule has 0 N–H and O–H groups in total. The molecule has 0 fully saturated rings. The molecule has 0 aliphatic carbocycles. The Morgan fingerprint density at radius 1 is 0.596 bits per heavy atom. The van der Waals surface area contributed by atoms with Gasteiger partial charge in [0.05, 0.1) is 27.7 Å². The molecule has 0 spiro atoms. The summed E-state index contributed by atoms with van der Waals surface area (Å²) in [7, 11) is 1.14. The van der Waals surface area contributed by atoms with E-state index in [1.54, 1.807) is 0 Å². The van der Waals surface area contributed by atoms with Crippen LogP contribution in [0.2, 0.25) is 0 Å². The maximum Gasteiger partial charge on any atom is 0.306 e. The number of esters is 2. The summed E-state index contributed by atoms with van der Waals surface area (Å²) in [4.78, 5) is 37.7. The summed E-state index contributed by atoms with van der Waals surface area (Å²) < 4.78 is 34.3. The number of phosphoric acid groups is 1. The highest BCUT2D eigenvalue weighted by atomic mass is 31.2. The molecule has 280 valence electrons. The van der Waals surface area contributed by atoms with E-state index in [0.29, 0.717) is 17.4 Å². The second-order valence-corrected chi connectivity index (χ2v) is 16.1. The van der Waals surface area contributed by atoms with Crippen LogP contribution in [0.5, 0.6) is 0 Å². The fourth-order valence-electron chi connectivity index (χ4n) is 5.28. The van der Waals surface area contributed by atoms with Gasteiger partial charge < -0.3 is 27.9 Å². The Bertz CT molecular complexity index is 819. The Labute approximate surface area is 289 Å². The molecule has 9 nitrogen and oxygen atoms in total. The maximum atomic E-state index is 12.8. The average Bonchev–Trinajstić information content (AvgIpc) is 3.00. The van der Waals surface area contributed by atoms with E-state index in [-0.39, 0.29) is 26.1 Å². The van der Waals surface area contributed by atoms with Crippen molar-refractivity contribution in [2.75, 3.05) is 47.5 Å². The van der Waals surface area contributed by atoms with Gasteiger partial charge in [0, 0.05) is 12.8 Å². The second-order valence-electron chi connectivity index (χ2n) is 14.7. The van der Waals surface area contributed by atoms with Crippen LogP contribution in [-0.2, 0) is 32.7 Å². The highest BCUT2D eigenvalue weighted by Crippen LogP contribution is 2.39. The Kier molecular flexibility index (Phi) is 28.2. The molecular weight excluding hydrogens is 617 g/mol. The normalized spacial score (nSPS) is 14.4. The molecule has 2 atom stereocenters. The summed E-state index contributed by atoms with van der Waals surface area (Å²) in [5, 5.41) is 0. The first-order chi connectivity index (χ1) is 22.3. The SMILES string of the molecule is CCCCCCCCCCCCCC(=O)OCC(C)(COP(=O)([O-])OCC[N+](C)(C)C)OC(=O)CCCCCCCCCCCCC. The molecule has 0 aromatic heterocycles. The van der Waals surface area contributed by atoms with Gasteiger partial charge in [-0.15, -0.1) is 0 Å². The summed E-state index contributed by atoms with van der Waals surface area (Å²) in [5.41, 5.74) is -1.45. The van der Waals surface area contributed by atoms with E-state index in [1.807, 2.05) is 21.1 Å². The fraction of sp³-hybridized carbons (Fsp3) is 0.946. The van der Waals surface area contributed by atoms with E-state index in [4.69, 9.17) is 18.5 Å². The van der Waals surface area contributed by atoms with Gasteiger partial charge in [0.15, 0.2) is 5.60 Å². The van der Waals surface area contributed by atoms with Crippen LogP contribution < -0.4 is 4.89 Å². The summed E-state index contributed by atoms with van der Waals surface area (Å²) in [6.07, 6.45) is 26.4. The largest absolute Gasteiger partial charge is 0.756 e. The zero-order valence-corrected chi connectivity index (χ0v) is 32.4. The van der Waals surface area contributed by atoms with E-state index in [1.165, 1.54) is 103 Å². The van der Waals surface area contributed by atoms with Crippen LogP contribution in [0.15, 0.2) is 0 Å². The Hall–Kier alpha value is -0.990. The van der Waals surface area contributed by atoms with Crippen molar-refractivity contribution in [3.63, 3.8) is 0 Å². The zero-order valence-electron chi connectivity index (χ0n) is 31.5. The van der Waals surface area contributed by atoms with Gasteiger partial charge >= 0.3 is 11.9 Å². The summed E-state index contributed by atoms with van der Waals surface area (Å²) in [6, 6.07) is 0. The molecule has 10 heteroatoms. The Morgan fingerprint density at radius 2 is 0.979 bits per heavy atom. The van der Waals surface area contributed by atoms with Crippen molar-refractivity contribution >= 4 is 19.8 Å². The lowest BCUT2D eigenvalue weighted by Crippen LogP contribution is -2.42. The van der Waals surface area contributed by atoms with Crippen molar-refractivity contribution in [2.24, 2.45) is 0 Å². The van der Waals surface area contributed by atoms with Crippen LogP contribution in [0.3, 0.4) is 0 Å². The van der Waals surface area contributed by atoms with Crippen molar-refractivity contribution in [1.29, 1.82) is 0 Å². The lowest BCUT2D eigenvalue weighted by Gasteiger charge is -2.32. The fourth-order valence-corrected chi connectivity index (χ4v) is 6.09. The molecule has 0 aliphatic heterocycles. The van der Waals surface area contributed by atoms with E-state index in [9.17, 15) is 19.0 Å². The minimum absolute atomic E-state index is 0.0341. The van der Waals surface area contributed by atoms with Crippen molar-refractivity contribution in [2.45, 2.75) is 180 Å². The van der Waals surface area contributed by atoms with Crippen molar-refractivity contribution in [1.82, 2.24) is 0 Å². The summed E-state index contributed by atoms with van der Waals surface area (Å²) in [6.45, 7) is 5.66. The van der Waals surface area contributed by atoms with Crippen LogP contribution in [0.1, 0.15) is 175 Å². The molecule has 0 aromatic carbocycles. The molecule has 0 radical (unpaired) electrons. The summed E-state index contributed by atoms with van der Waals surface area (Å²) >= 11 is 0. The number of hydrogen-bond acceptors (Lipinski definition) is 8. The first-order valence-corrected chi connectivity index (χ1v) is 20.6. The van der Waals surface area contributed by atoms with Gasteiger partial charge in [-0.2, -0.15) is 0 Å². The van der Waals surface area contributed by atoms with Crippen LogP contribution in [-0.4, -0.2) is 69.5 Å². The molecule has 0 rings (SSSR count). The number of phosphoric ester groups is 1. The highest BCUT2D eigenvalue weighted by Gasteiger charge is 2.33. The third-order valence-corrected chi connectivity index (χ3v) is 9.35. The van der Waals surface area contributed by atoms with Crippen LogP contribution >= 0.6 is 7.82 Å². The number of likely N-dealkylation sites (N-methyl/N-ethyl adjacent to an activating group) is 1. The number of nitrogens with zero attached hydrogens (tertiary/aromatic N) is 1. The van der Waals surface area contributed by atoms with Gasteiger partial charge in [-0.05, 0) is 19.8 Å². The molecule has 47 heavy (non-hydrogen) atoms. The number of hydrogen-bond donors (Lipinski definition) is 0. The Balaban J connectivity index is 4.61. The standard InChI is InChI=1S/C37H74NO8P/c1-7-9-11-13-15-17-19-21-23-25-27-29-35(39)43-33-37(3,34-45-47(41,42)44-32-31-38(4,5)6)46-36(40)30-28-26-24-22-20-18-16-14-12-10-8-2/h7-34H2,1-6H3. The van der Waals surface area contributed by atoms with Gasteiger partial charge in [0.25, 0.3) is 7.82 Å². The van der Waals surface area contributed by atoms with Gasteiger partial charge in [-0.25, -0.2) is 0 Å². The predicted molar refractivity (Wildman–Crippen MR) is 190 cm³/mol. The van der Waals surface area contributed by atoms with E-state index in [0.717, 1.165) is 38.5 Å². The first-order valence-electron chi connectivity index (χ1n) is 19.1. The number of carbonyl (C=O) groups is 2. The van der Waals surface area contributed by atoms with Crippen LogP contribution in [0.25, 0.3) is 0 Å². The first kappa shape index (κ1) is 46.0. The van der Waals surface area contributed by atoms with Gasteiger partial charge in [-0.1, -0.05) is 142 Å². The number of ether oxygens (including phenoxy) is 2. The van der Waals surface area contributed by atoms with Crippen molar-refractivity contribution < 1.29 is 42.1 Å². The molecule has 0 bridgehead atoms. The minimum atomic E-state index is -4.65. The molecule has 2 unspecified atom stereocenters. The second kappa shape index (κ2) is 28.8. The third kappa shape index (κ3) is 32.0. The molecule has 0 saturated heterocycles. The van der Waals surface area contributed by atoms with Gasteiger partial charge in [0.1, 0.15) is 19.8 Å². The predicted octanol–water partition coefficient (Wildman–Crippen LogP) is 9.44. The molecule has 0 amide bonds.